The number of phenolic OH excluding ortho intramolecular Hbond substituents is 1. The summed E-state index contributed by atoms with van der Waals surface area (Å²) in [7, 11) is 0. The van der Waals surface area contributed by atoms with Crippen molar-refractivity contribution >= 4 is 22.7 Å². The Labute approximate surface area is 161 Å². The molecule has 0 saturated heterocycles. The third-order valence-corrected chi connectivity index (χ3v) is 4.82. The molecule has 4 rings (SSSR count). The fourth-order valence-corrected chi connectivity index (χ4v) is 3.41. The summed E-state index contributed by atoms with van der Waals surface area (Å²) in [6.07, 6.45) is 1.78. The van der Waals surface area contributed by atoms with Gasteiger partial charge < -0.3 is 5.11 Å². The van der Waals surface area contributed by atoms with Crippen LogP contribution in [0.5, 0.6) is 5.75 Å². The number of benzene rings is 3. The summed E-state index contributed by atoms with van der Waals surface area (Å²) in [5.41, 5.74) is 8.08. The summed E-state index contributed by atoms with van der Waals surface area (Å²) in [5, 5.41) is 16.6. The Balaban J connectivity index is 1.51. The van der Waals surface area contributed by atoms with Crippen molar-refractivity contribution in [2.24, 2.45) is 5.10 Å². The summed E-state index contributed by atoms with van der Waals surface area (Å²) in [6.45, 7) is 0. The van der Waals surface area contributed by atoms with Gasteiger partial charge in [0.25, 0.3) is 0 Å². The van der Waals surface area contributed by atoms with Crippen molar-refractivity contribution in [3.05, 3.63) is 89.8 Å². The molecule has 132 valence electrons. The van der Waals surface area contributed by atoms with Gasteiger partial charge in [0.15, 0.2) is 0 Å². The molecule has 0 aliphatic rings. The number of rotatable bonds is 5. The van der Waals surface area contributed by atoms with Crippen molar-refractivity contribution in [2.45, 2.75) is 0 Å². The van der Waals surface area contributed by atoms with Gasteiger partial charge in [-0.25, -0.2) is 4.98 Å². The van der Waals surface area contributed by atoms with Crippen molar-refractivity contribution < 1.29 is 5.11 Å². The van der Waals surface area contributed by atoms with Crippen molar-refractivity contribution in [1.82, 2.24) is 4.98 Å². The number of phenols is 1. The Hall–Kier alpha value is -3.44. The molecule has 4 aromatic rings. The first-order valence-corrected chi connectivity index (χ1v) is 9.36. The molecule has 0 unspecified atom stereocenters. The Morgan fingerprint density at radius 3 is 2.41 bits per heavy atom. The number of nitrogens with zero attached hydrogens (tertiary/aromatic N) is 2. The molecule has 0 atom stereocenters. The third-order valence-electron chi connectivity index (χ3n) is 4.08. The van der Waals surface area contributed by atoms with Crippen LogP contribution >= 0.6 is 11.3 Å². The van der Waals surface area contributed by atoms with Gasteiger partial charge in [-0.2, -0.15) is 5.10 Å². The van der Waals surface area contributed by atoms with E-state index in [-0.39, 0.29) is 5.75 Å². The normalized spacial score (nSPS) is 11.0. The highest BCUT2D eigenvalue weighted by Crippen LogP contribution is 2.26. The zero-order chi connectivity index (χ0) is 18.5. The van der Waals surface area contributed by atoms with Crippen LogP contribution in [0.2, 0.25) is 0 Å². The van der Waals surface area contributed by atoms with Gasteiger partial charge in [-0.15, -0.1) is 11.3 Å². The minimum absolute atomic E-state index is 0.254. The molecule has 1 aromatic heterocycles. The Morgan fingerprint density at radius 2 is 1.59 bits per heavy atom. The Bertz CT molecular complexity index is 1060. The Morgan fingerprint density at radius 1 is 0.852 bits per heavy atom. The predicted octanol–water partition coefficient (Wildman–Crippen LogP) is 5.63. The molecule has 0 aliphatic heterocycles. The highest BCUT2D eigenvalue weighted by molar-refractivity contribution is 7.14. The molecular formula is C22H17N3OS. The van der Waals surface area contributed by atoms with E-state index in [2.05, 4.69) is 15.5 Å². The molecule has 5 heteroatoms. The monoisotopic (exact) mass is 371 g/mol. The summed E-state index contributed by atoms with van der Waals surface area (Å²) >= 11 is 1.52. The van der Waals surface area contributed by atoms with Crippen molar-refractivity contribution in [1.29, 1.82) is 0 Å². The molecule has 0 radical (unpaired) electrons. The largest absolute Gasteiger partial charge is 0.508 e. The van der Waals surface area contributed by atoms with Crippen LogP contribution in [0.3, 0.4) is 0 Å². The van der Waals surface area contributed by atoms with Crippen molar-refractivity contribution in [2.75, 3.05) is 5.43 Å². The molecule has 0 bridgehead atoms. The molecule has 3 aromatic carbocycles. The van der Waals surface area contributed by atoms with Gasteiger partial charge in [0, 0.05) is 16.5 Å². The van der Waals surface area contributed by atoms with Gasteiger partial charge in [-0.05, 0) is 23.3 Å². The number of aromatic nitrogens is 1. The van der Waals surface area contributed by atoms with Crippen molar-refractivity contribution in [3.63, 3.8) is 0 Å². The zero-order valence-corrected chi connectivity index (χ0v) is 15.2. The second-order valence-corrected chi connectivity index (χ2v) is 6.77. The predicted molar refractivity (Wildman–Crippen MR) is 112 cm³/mol. The maximum atomic E-state index is 9.48. The van der Waals surface area contributed by atoms with E-state index >= 15 is 0 Å². The van der Waals surface area contributed by atoms with E-state index in [4.69, 9.17) is 0 Å². The van der Waals surface area contributed by atoms with Crippen LogP contribution in [-0.2, 0) is 0 Å². The zero-order valence-electron chi connectivity index (χ0n) is 14.4. The number of hydrazone groups is 1. The smallest absolute Gasteiger partial charge is 0.203 e. The van der Waals surface area contributed by atoms with Gasteiger partial charge in [0.1, 0.15) is 5.75 Å². The van der Waals surface area contributed by atoms with Crippen LogP contribution in [-0.4, -0.2) is 16.3 Å². The number of nitrogens with one attached hydrogen (secondary N) is 1. The molecule has 0 saturated carbocycles. The van der Waals surface area contributed by atoms with Crippen LogP contribution in [0.15, 0.2) is 89.3 Å². The molecule has 4 nitrogen and oxygen atoms in total. The number of thiazole rings is 1. The van der Waals surface area contributed by atoms with E-state index < -0.39 is 0 Å². The number of aromatic hydroxyl groups is 1. The molecule has 2 N–H and O–H groups in total. The average Bonchev–Trinajstić information content (AvgIpc) is 3.19. The lowest BCUT2D eigenvalue weighted by Crippen LogP contribution is -1.92. The number of hydrogen-bond donors (Lipinski definition) is 2. The summed E-state index contributed by atoms with van der Waals surface area (Å²) in [6, 6.07) is 25.2. The minimum Gasteiger partial charge on any atom is -0.508 e. The SMILES string of the molecule is Oc1ccc(-c2ccccc2C=NNc2nc(-c3ccccc3)cs2)cc1. The standard InChI is InChI=1S/C22H17N3OS/c26-19-12-10-16(11-13-19)20-9-5-4-8-18(20)14-23-25-22-24-21(15-27-22)17-6-2-1-3-7-17/h1-15,26H,(H,24,25). The molecular weight excluding hydrogens is 354 g/mol. The lowest BCUT2D eigenvalue weighted by molar-refractivity contribution is 0.475. The lowest BCUT2D eigenvalue weighted by Gasteiger charge is -2.06. The van der Waals surface area contributed by atoms with E-state index in [0.717, 1.165) is 33.1 Å². The molecule has 0 spiro atoms. The van der Waals surface area contributed by atoms with E-state index in [1.165, 1.54) is 11.3 Å². The van der Waals surface area contributed by atoms with Gasteiger partial charge >= 0.3 is 0 Å². The highest BCUT2D eigenvalue weighted by atomic mass is 32.1. The van der Waals surface area contributed by atoms with Crippen LogP contribution in [0, 0.1) is 0 Å². The summed E-state index contributed by atoms with van der Waals surface area (Å²) in [5.74, 6) is 0.254. The second-order valence-electron chi connectivity index (χ2n) is 5.91. The number of hydrogen-bond acceptors (Lipinski definition) is 5. The molecule has 27 heavy (non-hydrogen) atoms. The van der Waals surface area contributed by atoms with Crippen LogP contribution in [0.25, 0.3) is 22.4 Å². The van der Waals surface area contributed by atoms with E-state index in [1.54, 1.807) is 18.3 Å². The lowest BCUT2D eigenvalue weighted by atomic mass is 10.0. The first-order valence-electron chi connectivity index (χ1n) is 8.48. The fourth-order valence-electron chi connectivity index (χ4n) is 2.74. The van der Waals surface area contributed by atoms with Crippen molar-refractivity contribution in [3.8, 4) is 28.1 Å². The Kier molecular flexibility index (Phi) is 4.94. The summed E-state index contributed by atoms with van der Waals surface area (Å²) < 4.78 is 0. The van der Waals surface area contributed by atoms with Gasteiger partial charge in [-0.1, -0.05) is 66.7 Å². The third kappa shape index (κ3) is 4.04. The van der Waals surface area contributed by atoms with Gasteiger partial charge in [-0.3, -0.25) is 5.43 Å². The summed E-state index contributed by atoms with van der Waals surface area (Å²) in [4.78, 5) is 4.57. The number of anilines is 1. The maximum Gasteiger partial charge on any atom is 0.203 e. The fraction of sp³-hybridized carbons (Fsp3) is 0. The molecule has 1 heterocycles. The first-order chi connectivity index (χ1) is 13.3. The molecule has 0 fully saturated rings. The van der Waals surface area contributed by atoms with E-state index in [1.807, 2.05) is 72.1 Å². The quantitative estimate of drug-likeness (QED) is 0.353. The minimum atomic E-state index is 0.254. The maximum absolute atomic E-state index is 9.48. The van der Waals surface area contributed by atoms with Gasteiger partial charge in [0.05, 0.1) is 11.9 Å². The van der Waals surface area contributed by atoms with Crippen LogP contribution in [0.4, 0.5) is 5.13 Å². The average molecular weight is 371 g/mol. The van der Waals surface area contributed by atoms with Gasteiger partial charge in [0.2, 0.25) is 5.13 Å². The van der Waals surface area contributed by atoms with E-state index in [0.29, 0.717) is 0 Å². The van der Waals surface area contributed by atoms with E-state index in [9.17, 15) is 5.11 Å². The van der Waals surface area contributed by atoms with Crippen LogP contribution < -0.4 is 5.43 Å². The second kappa shape index (κ2) is 7.85. The first kappa shape index (κ1) is 17.0. The topological polar surface area (TPSA) is 57.5 Å². The highest BCUT2D eigenvalue weighted by Gasteiger charge is 2.04. The van der Waals surface area contributed by atoms with Crippen LogP contribution in [0.1, 0.15) is 5.56 Å². The molecule has 0 aliphatic carbocycles. The molecule has 0 amide bonds.